The van der Waals surface area contributed by atoms with Crippen LogP contribution in [0.4, 0.5) is 0 Å². The van der Waals surface area contributed by atoms with Crippen molar-refractivity contribution in [2.45, 2.75) is 46.6 Å². The first kappa shape index (κ1) is 18.3. The van der Waals surface area contributed by atoms with E-state index in [-0.39, 0.29) is 24.4 Å². The first-order chi connectivity index (χ1) is 12.3. The molecule has 0 aliphatic carbocycles. The monoisotopic (exact) mass is 370 g/mol. The van der Waals surface area contributed by atoms with Crippen molar-refractivity contribution < 1.29 is 9.90 Å². The number of carboxylic acids is 1. The third kappa shape index (κ3) is 3.29. The number of aromatic nitrogens is 2. The molecule has 1 N–H and O–H groups in total. The quantitative estimate of drug-likeness (QED) is 0.725. The van der Waals surface area contributed by atoms with Crippen molar-refractivity contribution in [2.24, 2.45) is 0 Å². The Morgan fingerprint density at radius 3 is 2.62 bits per heavy atom. The Labute approximate surface area is 155 Å². The summed E-state index contributed by atoms with van der Waals surface area (Å²) in [5, 5.41) is 11.6. The molecule has 2 heterocycles. The molecular weight excluding hydrogens is 348 g/mol. The molecule has 3 aromatic rings. The first-order valence-electron chi connectivity index (χ1n) is 8.61. The highest BCUT2D eigenvalue weighted by Crippen LogP contribution is 2.32. The average molecular weight is 370 g/mol. The van der Waals surface area contributed by atoms with E-state index in [2.05, 4.69) is 18.0 Å². The molecule has 6 heteroatoms. The Morgan fingerprint density at radius 1 is 1.27 bits per heavy atom. The second-order valence-corrected chi connectivity index (χ2v) is 7.71. The van der Waals surface area contributed by atoms with Gasteiger partial charge in [-0.2, -0.15) is 0 Å². The van der Waals surface area contributed by atoms with Gasteiger partial charge in [-0.05, 0) is 30.5 Å². The third-order valence-corrected chi connectivity index (χ3v) is 5.48. The minimum Gasteiger partial charge on any atom is -0.481 e. The van der Waals surface area contributed by atoms with Gasteiger partial charge < -0.3 is 5.11 Å². The zero-order valence-electron chi connectivity index (χ0n) is 15.4. The number of benzene rings is 1. The van der Waals surface area contributed by atoms with Gasteiger partial charge in [-0.15, -0.1) is 11.3 Å². The molecule has 2 aromatic heterocycles. The highest BCUT2D eigenvalue weighted by atomic mass is 32.1. The van der Waals surface area contributed by atoms with E-state index in [0.29, 0.717) is 16.0 Å². The SMILES string of the molecule is Cc1ccc(-c2csc3nc(C(C)C)n(CCC(=O)O)c(=O)c23)cc1C. The minimum absolute atomic E-state index is 0.0352. The molecule has 0 amide bonds. The summed E-state index contributed by atoms with van der Waals surface area (Å²) < 4.78 is 1.53. The fourth-order valence-electron chi connectivity index (χ4n) is 3.03. The molecule has 0 aliphatic rings. The lowest BCUT2D eigenvalue weighted by Gasteiger charge is -2.14. The number of aryl methyl sites for hydroxylation is 2. The van der Waals surface area contributed by atoms with Crippen LogP contribution < -0.4 is 5.56 Å². The summed E-state index contributed by atoms with van der Waals surface area (Å²) >= 11 is 1.46. The van der Waals surface area contributed by atoms with Gasteiger partial charge in [-0.3, -0.25) is 14.2 Å². The van der Waals surface area contributed by atoms with Crippen LogP contribution >= 0.6 is 11.3 Å². The van der Waals surface area contributed by atoms with Crippen LogP contribution in [-0.2, 0) is 11.3 Å². The number of carbonyl (C=O) groups is 1. The Bertz CT molecular complexity index is 1050. The topological polar surface area (TPSA) is 72.2 Å². The summed E-state index contributed by atoms with van der Waals surface area (Å²) in [4.78, 5) is 29.6. The largest absolute Gasteiger partial charge is 0.481 e. The molecule has 136 valence electrons. The summed E-state index contributed by atoms with van der Waals surface area (Å²) in [6.07, 6.45) is -0.101. The van der Waals surface area contributed by atoms with E-state index in [1.165, 1.54) is 27.0 Å². The molecule has 0 aliphatic heterocycles. The molecule has 0 saturated carbocycles. The van der Waals surface area contributed by atoms with Gasteiger partial charge in [0.15, 0.2) is 0 Å². The lowest BCUT2D eigenvalue weighted by atomic mass is 10.0. The highest BCUT2D eigenvalue weighted by Gasteiger charge is 2.19. The van der Waals surface area contributed by atoms with Crippen LogP contribution in [0.2, 0.25) is 0 Å². The molecule has 0 saturated heterocycles. The van der Waals surface area contributed by atoms with Gasteiger partial charge in [0.25, 0.3) is 5.56 Å². The Hall–Kier alpha value is -2.47. The molecule has 0 unspecified atom stereocenters. The molecule has 1 aromatic carbocycles. The number of aliphatic carboxylic acids is 1. The Morgan fingerprint density at radius 2 is 2.00 bits per heavy atom. The predicted octanol–water partition coefficient (Wildman–Crippen LogP) is 4.34. The fourth-order valence-corrected chi connectivity index (χ4v) is 3.97. The van der Waals surface area contributed by atoms with Crippen molar-refractivity contribution in [3.63, 3.8) is 0 Å². The van der Waals surface area contributed by atoms with Gasteiger partial charge in [0.2, 0.25) is 0 Å². The first-order valence-corrected chi connectivity index (χ1v) is 9.49. The lowest BCUT2D eigenvalue weighted by molar-refractivity contribution is -0.137. The van der Waals surface area contributed by atoms with Crippen LogP contribution in [0, 0.1) is 13.8 Å². The van der Waals surface area contributed by atoms with E-state index < -0.39 is 5.97 Å². The molecule has 0 spiro atoms. The second kappa shape index (κ2) is 7.03. The zero-order valence-corrected chi connectivity index (χ0v) is 16.2. The number of hydrogen-bond acceptors (Lipinski definition) is 4. The number of hydrogen-bond donors (Lipinski definition) is 1. The summed E-state index contributed by atoms with van der Waals surface area (Å²) in [7, 11) is 0. The average Bonchev–Trinajstić information content (AvgIpc) is 3.00. The molecule has 0 bridgehead atoms. The van der Waals surface area contributed by atoms with E-state index in [0.717, 1.165) is 11.1 Å². The zero-order chi connectivity index (χ0) is 19.0. The minimum atomic E-state index is -0.925. The maximum Gasteiger partial charge on any atom is 0.305 e. The van der Waals surface area contributed by atoms with E-state index >= 15 is 0 Å². The Kier molecular flexibility index (Phi) is 4.96. The molecule has 3 rings (SSSR count). The fraction of sp³-hybridized carbons (Fsp3) is 0.350. The van der Waals surface area contributed by atoms with E-state index in [1.54, 1.807) is 0 Å². The van der Waals surface area contributed by atoms with Crippen molar-refractivity contribution in [3.05, 3.63) is 50.9 Å². The molecule has 0 radical (unpaired) electrons. The summed E-state index contributed by atoms with van der Waals surface area (Å²) in [5.41, 5.74) is 4.06. The normalized spacial score (nSPS) is 11.4. The number of rotatable bonds is 5. The number of nitrogens with zero attached hydrogens (tertiary/aromatic N) is 2. The van der Waals surface area contributed by atoms with Crippen LogP contribution in [0.1, 0.15) is 43.1 Å². The molecular formula is C20H22N2O3S. The smallest absolute Gasteiger partial charge is 0.305 e. The van der Waals surface area contributed by atoms with E-state index in [4.69, 9.17) is 5.11 Å². The maximum absolute atomic E-state index is 13.2. The van der Waals surface area contributed by atoms with Crippen LogP contribution in [0.25, 0.3) is 21.3 Å². The number of fused-ring (bicyclic) bond motifs is 1. The third-order valence-electron chi connectivity index (χ3n) is 4.61. The van der Waals surface area contributed by atoms with E-state index in [9.17, 15) is 9.59 Å². The number of thiophene rings is 1. The Balaban J connectivity index is 2.25. The van der Waals surface area contributed by atoms with Crippen molar-refractivity contribution >= 4 is 27.5 Å². The standard InChI is InChI=1S/C20H22N2O3S/c1-11(2)18-21-19-17(20(25)22(18)8-7-16(23)24)15(10-26-19)14-6-5-12(3)13(4)9-14/h5-6,9-11H,7-8H2,1-4H3,(H,23,24). The highest BCUT2D eigenvalue weighted by molar-refractivity contribution is 7.17. The lowest BCUT2D eigenvalue weighted by Crippen LogP contribution is -2.27. The predicted molar refractivity (Wildman–Crippen MR) is 105 cm³/mol. The summed E-state index contributed by atoms with van der Waals surface area (Å²) in [5.74, 6) is -0.253. The van der Waals surface area contributed by atoms with Crippen LogP contribution in [-0.4, -0.2) is 20.6 Å². The molecule has 26 heavy (non-hydrogen) atoms. The maximum atomic E-state index is 13.2. The molecule has 5 nitrogen and oxygen atoms in total. The van der Waals surface area contributed by atoms with Crippen LogP contribution in [0.15, 0.2) is 28.4 Å². The van der Waals surface area contributed by atoms with Crippen LogP contribution in [0.3, 0.4) is 0 Å². The van der Waals surface area contributed by atoms with Crippen molar-refractivity contribution in [2.75, 3.05) is 0 Å². The van der Waals surface area contributed by atoms with Gasteiger partial charge >= 0.3 is 5.97 Å². The second-order valence-electron chi connectivity index (χ2n) is 6.85. The van der Waals surface area contributed by atoms with Gasteiger partial charge in [0.05, 0.1) is 11.8 Å². The summed E-state index contributed by atoms with van der Waals surface area (Å²) in [6.45, 7) is 8.16. The summed E-state index contributed by atoms with van der Waals surface area (Å²) in [6, 6.07) is 6.14. The van der Waals surface area contributed by atoms with Gasteiger partial charge in [0.1, 0.15) is 10.7 Å². The van der Waals surface area contributed by atoms with Crippen molar-refractivity contribution in [1.82, 2.24) is 9.55 Å². The number of carboxylic acid groups (broad SMARTS) is 1. The van der Waals surface area contributed by atoms with Gasteiger partial charge in [-0.1, -0.05) is 32.0 Å². The van der Waals surface area contributed by atoms with Crippen LogP contribution in [0.5, 0.6) is 0 Å². The molecule has 0 fully saturated rings. The van der Waals surface area contributed by atoms with E-state index in [1.807, 2.05) is 38.3 Å². The molecule has 0 atom stereocenters. The van der Waals surface area contributed by atoms with Gasteiger partial charge in [0, 0.05) is 23.4 Å². The van der Waals surface area contributed by atoms with Gasteiger partial charge in [-0.25, -0.2) is 4.98 Å². The van der Waals surface area contributed by atoms with Crippen molar-refractivity contribution in [1.29, 1.82) is 0 Å². The van der Waals surface area contributed by atoms with Crippen molar-refractivity contribution in [3.8, 4) is 11.1 Å².